The van der Waals surface area contributed by atoms with Crippen LogP contribution < -0.4 is 0 Å². The number of hydrogen-bond acceptors (Lipinski definition) is 4. The van der Waals surface area contributed by atoms with E-state index < -0.39 is 0 Å². The Labute approximate surface area is 92.9 Å². The van der Waals surface area contributed by atoms with E-state index >= 15 is 0 Å². The molecule has 0 amide bonds. The second-order valence-corrected chi connectivity index (χ2v) is 3.61. The van der Waals surface area contributed by atoms with Crippen LogP contribution in [0.3, 0.4) is 0 Å². The third-order valence-electron chi connectivity index (χ3n) is 2.21. The lowest BCUT2D eigenvalue weighted by Crippen LogP contribution is -2.36. The molecule has 0 radical (unpaired) electrons. The van der Waals surface area contributed by atoms with Crippen LogP contribution in [0.1, 0.15) is 26.2 Å². The summed E-state index contributed by atoms with van der Waals surface area (Å²) < 4.78 is 5.21. The average molecular weight is 219 g/mol. The van der Waals surface area contributed by atoms with Crippen LogP contribution in [0.2, 0.25) is 0 Å². The standard InChI is InChI=1S/C8H17NO2.C3H8O/c10-6-2-1-3-9-4-7-11-8-5-9;1-2-3-4/h10H,1-8H2;4H,2-3H2,1H3. The molecule has 0 aliphatic carbocycles. The third-order valence-corrected chi connectivity index (χ3v) is 2.21. The van der Waals surface area contributed by atoms with Gasteiger partial charge in [-0.1, -0.05) is 6.92 Å². The molecule has 1 aliphatic rings. The molecular formula is C11H25NO3. The quantitative estimate of drug-likeness (QED) is 0.660. The van der Waals surface area contributed by atoms with Crippen molar-refractivity contribution in [1.29, 1.82) is 0 Å². The summed E-state index contributed by atoms with van der Waals surface area (Å²) in [5.41, 5.74) is 0. The van der Waals surface area contributed by atoms with Gasteiger partial charge in [-0.3, -0.25) is 4.90 Å². The molecule has 0 atom stereocenters. The van der Waals surface area contributed by atoms with Crippen molar-refractivity contribution in [3.63, 3.8) is 0 Å². The fraction of sp³-hybridized carbons (Fsp3) is 1.00. The van der Waals surface area contributed by atoms with E-state index in [0.29, 0.717) is 13.2 Å². The molecule has 0 bridgehead atoms. The van der Waals surface area contributed by atoms with Gasteiger partial charge in [0.1, 0.15) is 0 Å². The number of nitrogens with zero attached hydrogens (tertiary/aromatic N) is 1. The lowest BCUT2D eigenvalue weighted by atomic mass is 10.3. The van der Waals surface area contributed by atoms with E-state index in [0.717, 1.165) is 52.1 Å². The maximum Gasteiger partial charge on any atom is 0.0594 e. The molecule has 0 aromatic carbocycles. The number of morpholine rings is 1. The van der Waals surface area contributed by atoms with Crippen molar-refractivity contribution in [1.82, 2.24) is 4.90 Å². The van der Waals surface area contributed by atoms with Crippen LogP contribution in [-0.4, -0.2) is 61.2 Å². The van der Waals surface area contributed by atoms with Gasteiger partial charge in [0.05, 0.1) is 13.2 Å². The molecule has 0 unspecified atom stereocenters. The smallest absolute Gasteiger partial charge is 0.0594 e. The number of aliphatic hydroxyl groups excluding tert-OH is 2. The zero-order valence-corrected chi connectivity index (χ0v) is 9.82. The van der Waals surface area contributed by atoms with Gasteiger partial charge < -0.3 is 14.9 Å². The molecule has 1 heterocycles. The van der Waals surface area contributed by atoms with Crippen molar-refractivity contribution in [2.24, 2.45) is 0 Å². The van der Waals surface area contributed by atoms with Crippen LogP contribution in [-0.2, 0) is 4.74 Å². The molecule has 15 heavy (non-hydrogen) atoms. The molecule has 92 valence electrons. The predicted molar refractivity (Wildman–Crippen MR) is 61.0 cm³/mol. The minimum Gasteiger partial charge on any atom is -0.396 e. The highest BCUT2D eigenvalue weighted by atomic mass is 16.5. The fourth-order valence-electron chi connectivity index (χ4n) is 1.27. The summed E-state index contributed by atoms with van der Waals surface area (Å²) in [4.78, 5) is 2.39. The Morgan fingerprint density at radius 1 is 1.07 bits per heavy atom. The highest BCUT2D eigenvalue weighted by molar-refractivity contribution is 4.61. The second-order valence-electron chi connectivity index (χ2n) is 3.61. The Balaban J connectivity index is 0.000000423. The van der Waals surface area contributed by atoms with Crippen molar-refractivity contribution >= 4 is 0 Å². The van der Waals surface area contributed by atoms with Crippen molar-refractivity contribution < 1.29 is 14.9 Å². The van der Waals surface area contributed by atoms with Gasteiger partial charge >= 0.3 is 0 Å². The lowest BCUT2D eigenvalue weighted by molar-refractivity contribution is 0.0366. The monoisotopic (exact) mass is 219 g/mol. The van der Waals surface area contributed by atoms with Crippen LogP contribution in [0.15, 0.2) is 0 Å². The molecule has 2 N–H and O–H groups in total. The third kappa shape index (κ3) is 10.1. The zero-order chi connectivity index (χ0) is 11.4. The molecule has 0 aromatic heterocycles. The molecule has 1 fully saturated rings. The van der Waals surface area contributed by atoms with Gasteiger partial charge in [0.15, 0.2) is 0 Å². The molecule has 1 aliphatic heterocycles. The number of rotatable bonds is 5. The van der Waals surface area contributed by atoms with E-state index in [2.05, 4.69) is 4.90 Å². The van der Waals surface area contributed by atoms with Crippen LogP contribution in [0, 0.1) is 0 Å². The summed E-state index contributed by atoms with van der Waals surface area (Å²) in [5.74, 6) is 0. The Morgan fingerprint density at radius 2 is 1.67 bits per heavy atom. The largest absolute Gasteiger partial charge is 0.396 e. The Morgan fingerprint density at radius 3 is 2.13 bits per heavy atom. The molecular weight excluding hydrogens is 194 g/mol. The minimum absolute atomic E-state index is 0.319. The molecule has 4 nitrogen and oxygen atoms in total. The first-order chi connectivity index (χ1) is 7.35. The van der Waals surface area contributed by atoms with Crippen LogP contribution in [0.25, 0.3) is 0 Å². The van der Waals surface area contributed by atoms with Gasteiger partial charge in [-0.15, -0.1) is 0 Å². The van der Waals surface area contributed by atoms with Gasteiger partial charge in [-0.2, -0.15) is 0 Å². The van der Waals surface area contributed by atoms with Crippen molar-refractivity contribution in [2.45, 2.75) is 26.2 Å². The number of unbranched alkanes of at least 4 members (excludes halogenated alkanes) is 1. The van der Waals surface area contributed by atoms with Gasteiger partial charge in [0.2, 0.25) is 0 Å². The number of hydrogen-bond donors (Lipinski definition) is 2. The Hall–Kier alpha value is -0.160. The van der Waals surface area contributed by atoms with Crippen molar-refractivity contribution in [3.05, 3.63) is 0 Å². The zero-order valence-electron chi connectivity index (χ0n) is 9.82. The van der Waals surface area contributed by atoms with Gasteiger partial charge in [0.25, 0.3) is 0 Å². The highest BCUT2D eigenvalue weighted by Crippen LogP contribution is 1.99. The van der Waals surface area contributed by atoms with Gasteiger partial charge in [-0.25, -0.2) is 0 Å². The summed E-state index contributed by atoms with van der Waals surface area (Å²) in [5, 5.41) is 16.4. The molecule has 0 saturated carbocycles. The fourth-order valence-corrected chi connectivity index (χ4v) is 1.27. The molecule has 1 rings (SSSR count). The highest BCUT2D eigenvalue weighted by Gasteiger charge is 2.08. The van der Waals surface area contributed by atoms with Crippen molar-refractivity contribution in [3.8, 4) is 0 Å². The predicted octanol–water partition coefficient (Wildman–Crippen LogP) is 0.480. The topological polar surface area (TPSA) is 52.9 Å². The first-order valence-electron chi connectivity index (χ1n) is 5.87. The average Bonchev–Trinajstić information content (AvgIpc) is 2.31. The summed E-state index contributed by atoms with van der Waals surface area (Å²) in [6, 6.07) is 0. The Kier molecular flexibility index (Phi) is 11.8. The molecule has 4 heteroatoms. The van der Waals surface area contributed by atoms with Crippen LogP contribution in [0.4, 0.5) is 0 Å². The SMILES string of the molecule is CCCO.OCCCCN1CCOCC1. The van der Waals surface area contributed by atoms with Crippen LogP contribution >= 0.6 is 0 Å². The van der Waals surface area contributed by atoms with Gasteiger partial charge in [-0.05, 0) is 25.8 Å². The van der Waals surface area contributed by atoms with E-state index in [1.165, 1.54) is 0 Å². The number of ether oxygens (including phenoxy) is 1. The van der Waals surface area contributed by atoms with E-state index in [1.807, 2.05) is 6.92 Å². The van der Waals surface area contributed by atoms with Crippen molar-refractivity contribution in [2.75, 3.05) is 46.1 Å². The Bertz CT molecular complexity index is 114. The van der Waals surface area contributed by atoms with Gasteiger partial charge in [0, 0.05) is 26.3 Å². The minimum atomic E-state index is 0.319. The van der Waals surface area contributed by atoms with Crippen LogP contribution in [0.5, 0.6) is 0 Å². The second kappa shape index (κ2) is 11.9. The summed E-state index contributed by atoms with van der Waals surface area (Å²) >= 11 is 0. The maximum absolute atomic E-state index is 8.55. The molecule has 1 saturated heterocycles. The van der Waals surface area contributed by atoms with E-state index in [1.54, 1.807) is 0 Å². The first-order valence-corrected chi connectivity index (χ1v) is 5.87. The lowest BCUT2D eigenvalue weighted by Gasteiger charge is -2.26. The van der Waals surface area contributed by atoms with E-state index in [-0.39, 0.29) is 0 Å². The maximum atomic E-state index is 8.55. The summed E-state index contributed by atoms with van der Waals surface area (Å²) in [6.07, 6.45) is 2.91. The molecule has 0 spiro atoms. The molecule has 0 aromatic rings. The summed E-state index contributed by atoms with van der Waals surface area (Å²) in [6.45, 7) is 7.56. The van der Waals surface area contributed by atoms with E-state index in [9.17, 15) is 0 Å². The normalized spacial score (nSPS) is 17.0. The summed E-state index contributed by atoms with van der Waals surface area (Å²) in [7, 11) is 0. The first kappa shape index (κ1) is 14.8. The number of aliphatic hydroxyl groups is 2. The van der Waals surface area contributed by atoms with E-state index in [4.69, 9.17) is 14.9 Å².